The first-order valence-corrected chi connectivity index (χ1v) is 7.86. The quantitative estimate of drug-likeness (QED) is 0.466. The second-order valence-electron chi connectivity index (χ2n) is 4.15. The lowest BCUT2D eigenvalue weighted by atomic mass is 10.2. The van der Waals surface area contributed by atoms with Crippen LogP contribution in [-0.4, -0.2) is 57.3 Å². The third-order valence-electron chi connectivity index (χ3n) is 2.44. The van der Waals surface area contributed by atoms with Gasteiger partial charge in [0.2, 0.25) is 0 Å². The number of hydrogen-bond donors (Lipinski definition) is 1. The Morgan fingerprint density at radius 1 is 0.913 bits per heavy atom. The molecule has 6 nitrogen and oxygen atoms in total. The van der Waals surface area contributed by atoms with Crippen molar-refractivity contribution in [3.63, 3.8) is 0 Å². The summed E-state index contributed by atoms with van der Waals surface area (Å²) in [5, 5.41) is 8.48. The van der Waals surface area contributed by atoms with Gasteiger partial charge in [-0.2, -0.15) is 0 Å². The summed E-state index contributed by atoms with van der Waals surface area (Å²) in [5.74, 6) is -0.398. The normalized spacial score (nSPS) is 9.87. The van der Waals surface area contributed by atoms with Gasteiger partial charge in [-0.1, -0.05) is 44.2 Å². The van der Waals surface area contributed by atoms with E-state index in [0.29, 0.717) is 33.0 Å². The monoisotopic (exact) mass is 328 g/mol. The molecule has 1 aromatic carbocycles. The molecule has 0 aliphatic heterocycles. The molecule has 0 fully saturated rings. The molecular weight excluding hydrogens is 300 g/mol. The maximum Gasteiger partial charge on any atom is 0.332 e. The van der Waals surface area contributed by atoms with Gasteiger partial charge in [-0.15, -0.1) is 0 Å². The first-order chi connectivity index (χ1) is 11.3. The molecule has 0 atom stereocenters. The topological polar surface area (TPSA) is 74.2 Å². The predicted molar refractivity (Wildman–Crippen MR) is 87.1 cm³/mol. The summed E-state index contributed by atoms with van der Waals surface area (Å²) in [7, 11) is 0. The summed E-state index contributed by atoms with van der Waals surface area (Å²) >= 11 is 0. The van der Waals surface area contributed by atoms with E-state index in [9.17, 15) is 4.79 Å². The number of aliphatic hydroxyl groups is 1. The number of rotatable bonds is 12. The van der Waals surface area contributed by atoms with Crippen LogP contribution in [0.1, 0.15) is 19.4 Å². The summed E-state index contributed by atoms with van der Waals surface area (Å²) in [5.41, 5.74) is 0.942. The standard InChI is InChI=1S/C15H22O6.C2H6/c16-6-7-18-8-9-19-10-11-20-13-15(17)21-12-14-4-2-1-3-5-14;1-2/h1-5,16H,6-13H2;1-2H3. The van der Waals surface area contributed by atoms with Crippen molar-refractivity contribution in [1.82, 2.24) is 0 Å². The first kappa shape index (κ1) is 21.5. The Kier molecular flexibility index (Phi) is 15.8. The largest absolute Gasteiger partial charge is 0.459 e. The van der Waals surface area contributed by atoms with Gasteiger partial charge in [-0.05, 0) is 5.56 Å². The minimum Gasteiger partial charge on any atom is -0.459 e. The van der Waals surface area contributed by atoms with Crippen LogP contribution in [-0.2, 0) is 30.3 Å². The zero-order valence-corrected chi connectivity index (χ0v) is 14.0. The molecule has 0 bridgehead atoms. The van der Waals surface area contributed by atoms with Crippen molar-refractivity contribution in [2.24, 2.45) is 0 Å². The number of benzene rings is 1. The Morgan fingerprint density at radius 3 is 2.09 bits per heavy atom. The van der Waals surface area contributed by atoms with Gasteiger partial charge in [-0.3, -0.25) is 0 Å². The minimum absolute atomic E-state index is 0.00814. The van der Waals surface area contributed by atoms with Crippen LogP contribution < -0.4 is 0 Å². The number of aliphatic hydroxyl groups excluding tert-OH is 1. The van der Waals surface area contributed by atoms with Gasteiger partial charge in [0, 0.05) is 0 Å². The van der Waals surface area contributed by atoms with Crippen molar-refractivity contribution >= 4 is 5.97 Å². The van der Waals surface area contributed by atoms with Crippen molar-refractivity contribution < 1.29 is 28.8 Å². The Balaban J connectivity index is 0.00000232. The Bertz CT molecular complexity index is 369. The van der Waals surface area contributed by atoms with Gasteiger partial charge in [0.25, 0.3) is 0 Å². The molecule has 1 N–H and O–H groups in total. The average molecular weight is 328 g/mol. The minimum atomic E-state index is -0.398. The highest BCUT2D eigenvalue weighted by Gasteiger charge is 2.03. The number of ether oxygens (including phenoxy) is 4. The van der Waals surface area contributed by atoms with E-state index in [2.05, 4.69) is 0 Å². The molecule has 0 spiro atoms. The average Bonchev–Trinajstić information content (AvgIpc) is 2.61. The van der Waals surface area contributed by atoms with Crippen molar-refractivity contribution in [2.75, 3.05) is 46.2 Å². The van der Waals surface area contributed by atoms with Gasteiger partial charge < -0.3 is 24.1 Å². The predicted octanol–water partition coefficient (Wildman–Crippen LogP) is 1.80. The molecule has 0 heterocycles. The zero-order valence-electron chi connectivity index (χ0n) is 14.0. The highest BCUT2D eigenvalue weighted by atomic mass is 16.6. The number of carbonyl (C=O) groups is 1. The van der Waals surface area contributed by atoms with Crippen LogP contribution in [0.15, 0.2) is 30.3 Å². The third-order valence-corrected chi connectivity index (χ3v) is 2.44. The lowest BCUT2D eigenvalue weighted by Gasteiger charge is -2.07. The Hall–Kier alpha value is -1.47. The van der Waals surface area contributed by atoms with Crippen LogP contribution in [0.4, 0.5) is 0 Å². The maximum absolute atomic E-state index is 11.4. The zero-order chi connectivity index (χ0) is 17.2. The van der Waals surface area contributed by atoms with E-state index >= 15 is 0 Å². The summed E-state index contributed by atoms with van der Waals surface area (Å²) in [6, 6.07) is 9.47. The second kappa shape index (κ2) is 16.9. The summed E-state index contributed by atoms with van der Waals surface area (Å²) < 4.78 is 20.4. The Labute approximate surface area is 138 Å². The molecule has 0 radical (unpaired) electrons. The third kappa shape index (κ3) is 13.9. The fourth-order valence-electron chi connectivity index (χ4n) is 1.44. The molecule has 0 aliphatic carbocycles. The molecule has 0 unspecified atom stereocenters. The van der Waals surface area contributed by atoms with Crippen LogP contribution in [0.25, 0.3) is 0 Å². The summed E-state index contributed by atoms with van der Waals surface area (Å²) in [4.78, 5) is 11.4. The van der Waals surface area contributed by atoms with Crippen LogP contribution in [0, 0.1) is 0 Å². The summed E-state index contributed by atoms with van der Waals surface area (Å²) in [6.07, 6.45) is 0. The van der Waals surface area contributed by atoms with E-state index < -0.39 is 5.97 Å². The van der Waals surface area contributed by atoms with Crippen LogP contribution in [0.2, 0.25) is 0 Å². The van der Waals surface area contributed by atoms with E-state index in [4.69, 9.17) is 24.1 Å². The van der Waals surface area contributed by atoms with E-state index in [1.165, 1.54) is 0 Å². The highest BCUT2D eigenvalue weighted by Crippen LogP contribution is 2.00. The van der Waals surface area contributed by atoms with E-state index in [-0.39, 0.29) is 19.8 Å². The molecular formula is C17H28O6. The molecule has 0 amide bonds. The van der Waals surface area contributed by atoms with E-state index in [0.717, 1.165) is 5.56 Å². The molecule has 0 saturated heterocycles. The van der Waals surface area contributed by atoms with Gasteiger partial charge in [0.15, 0.2) is 0 Å². The van der Waals surface area contributed by atoms with E-state index in [1.54, 1.807) is 0 Å². The molecule has 1 aromatic rings. The molecule has 6 heteroatoms. The fourth-order valence-corrected chi connectivity index (χ4v) is 1.44. The highest BCUT2D eigenvalue weighted by molar-refractivity contribution is 5.70. The van der Waals surface area contributed by atoms with Crippen LogP contribution >= 0.6 is 0 Å². The van der Waals surface area contributed by atoms with Crippen LogP contribution in [0.3, 0.4) is 0 Å². The first-order valence-electron chi connectivity index (χ1n) is 7.86. The van der Waals surface area contributed by atoms with Gasteiger partial charge in [0.05, 0.1) is 39.6 Å². The lowest BCUT2D eigenvalue weighted by molar-refractivity contribution is -0.150. The smallest absolute Gasteiger partial charge is 0.332 e. The Morgan fingerprint density at radius 2 is 1.48 bits per heavy atom. The van der Waals surface area contributed by atoms with Crippen LogP contribution in [0.5, 0.6) is 0 Å². The molecule has 23 heavy (non-hydrogen) atoms. The fraction of sp³-hybridized carbons (Fsp3) is 0.588. The second-order valence-corrected chi connectivity index (χ2v) is 4.15. The van der Waals surface area contributed by atoms with Gasteiger partial charge in [-0.25, -0.2) is 4.79 Å². The summed E-state index contributed by atoms with van der Waals surface area (Å²) in [6.45, 7) is 6.05. The SMILES string of the molecule is CC.O=C(COCCOCCOCCO)OCc1ccccc1. The molecule has 0 aromatic heterocycles. The molecule has 1 rings (SSSR count). The van der Waals surface area contributed by atoms with Gasteiger partial charge in [0.1, 0.15) is 13.2 Å². The number of carbonyl (C=O) groups excluding carboxylic acids is 1. The lowest BCUT2D eigenvalue weighted by Crippen LogP contribution is -2.16. The van der Waals surface area contributed by atoms with Crippen molar-refractivity contribution in [1.29, 1.82) is 0 Å². The van der Waals surface area contributed by atoms with Crippen molar-refractivity contribution in [3.8, 4) is 0 Å². The number of esters is 1. The van der Waals surface area contributed by atoms with Crippen molar-refractivity contribution in [3.05, 3.63) is 35.9 Å². The van der Waals surface area contributed by atoms with E-state index in [1.807, 2.05) is 44.2 Å². The van der Waals surface area contributed by atoms with Gasteiger partial charge >= 0.3 is 5.97 Å². The molecule has 0 saturated carbocycles. The molecule has 132 valence electrons. The number of hydrogen-bond acceptors (Lipinski definition) is 6. The maximum atomic E-state index is 11.4. The molecule has 0 aliphatic rings. The van der Waals surface area contributed by atoms with Crippen molar-refractivity contribution in [2.45, 2.75) is 20.5 Å².